The number of H-pyrrole nitrogens is 1. The summed E-state index contributed by atoms with van der Waals surface area (Å²) in [6, 6.07) is 18.7. The summed E-state index contributed by atoms with van der Waals surface area (Å²) in [6.45, 7) is 0.281. The minimum atomic E-state index is -0.487. The molecule has 1 atom stereocenters. The lowest BCUT2D eigenvalue weighted by atomic mass is 9.95. The topological polar surface area (TPSA) is 76.7 Å². The molecule has 4 aromatic rings. The largest absolute Gasteiger partial charge is 0.497 e. The van der Waals surface area contributed by atoms with Gasteiger partial charge in [-0.15, -0.1) is 0 Å². The quantitative estimate of drug-likeness (QED) is 0.409. The van der Waals surface area contributed by atoms with Gasteiger partial charge in [-0.05, 0) is 54.1 Å². The fourth-order valence-corrected chi connectivity index (χ4v) is 4.48. The van der Waals surface area contributed by atoms with E-state index in [0.29, 0.717) is 22.9 Å². The normalized spacial score (nSPS) is 14.7. The van der Waals surface area contributed by atoms with Gasteiger partial charge in [0, 0.05) is 29.3 Å². The lowest BCUT2D eigenvalue weighted by Crippen LogP contribution is -2.29. The number of benzene rings is 3. The van der Waals surface area contributed by atoms with E-state index in [1.54, 1.807) is 44.4 Å². The van der Waals surface area contributed by atoms with Crippen LogP contribution in [0.2, 0.25) is 0 Å². The summed E-state index contributed by atoms with van der Waals surface area (Å²) in [5, 5.41) is 7.45. The highest BCUT2D eigenvalue weighted by Gasteiger charge is 2.43. The molecule has 0 aliphatic carbocycles. The van der Waals surface area contributed by atoms with Crippen LogP contribution in [0.5, 0.6) is 17.2 Å². The SMILES string of the molecule is COc1ccc(-c2n[nH]c3c2C(c2ccc(OC)cc2OC)N(Cc2ccc(F)cc2)C3=O)cc1. The molecule has 1 aliphatic heterocycles. The molecule has 5 rings (SSSR count). The number of hydrogen-bond donors (Lipinski definition) is 1. The lowest BCUT2D eigenvalue weighted by Gasteiger charge is -2.28. The van der Waals surface area contributed by atoms with Gasteiger partial charge in [0.2, 0.25) is 0 Å². The third kappa shape index (κ3) is 3.97. The molecule has 2 heterocycles. The number of halogens is 1. The van der Waals surface area contributed by atoms with Crippen molar-refractivity contribution in [1.29, 1.82) is 0 Å². The second-order valence-electron chi connectivity index (χ2n) is 8.16. The van der Waals surface area contributed by atoms with Gasteiger partial charge in [0.25, 0.3) is 5.91 Å². The Bertz CT molecular complexity index is 1370. The maximum Gasteiger partial charge on any atom is 0.273 e. The molecule has 0 bridgehead atoms. The highest BCUT2D eigenvalue weighted by molar-refractivity contribution is 6.00. The third-order valence-electron chi connectivity index (χ3n) is 6.23. The van der Waals surface area contributed by atoms with Gasteiger partial charge >= 0.3 is 0 Å². The van der Waals surface area contributed by atoms with Crippen molar-refractivity contribution in [2.24, 2.45) is 0 Å². The Morgan fingerprint density at radius 2 is 1.60 bits per heavy atom. The first-order chi connectivity index (χ1) is 17.0. The predicted molar refractivity (Wildman–Crippen MR) is 128 cm³/mol. The number of aromatic amines is 1. The summed E-state index contributed by atoms with van der Waals surface area (Å²) in [6.07, 6.45) is 0. The van der Waals surface area contributed by atoms with Gasteiger partial charge in [-0.3, -0.25) is 9.89 Å². The van der Waals surface area contributed by atoms with E-state index < -0.39 is 6.04 Å². The van der Waals surface area contributed by atoms with Crippen LogP contribution in [0.1, 0.15) is 33.2 Å². The zero-order valence-corrected chi connectivity index (χ0v) is 19.5. The van der Waals surface area contributed by atoms with Crippen molar-refractivity contribution >= 4 is 5.91 Å². The van der Waals surface area contributed by atoms with Crippen LogP contribution >= 0.6 is 0 Å². The molecule has 178 valence electrons. The fraction of sp³-hybridized carbons (Fsp3) is 0.185. The standard InChI is InChI=1S/C27H24FN3O4/c1-33-19-10-6-17(7-11-19)24-23-25(30-29-24)27(32)31(15-16-4-8-18(28)9-5-16)26(23)21-13-12-20(34-2)14-22(21)35-3/h4-14,26H,15H2,1-3H3,(H,29,30). The molecule has 1 aromatic heterocycles. The highest BCUT2D eigenvalue weighted by Crippen LogP contribution is 2.46. The molecular formula is C27H24FN3O4. The number of hydrogen-bond acceptors (Lipinski definition) is 5. The van der Waals surface area contributed by atoms with Gasteiger partial charge in [0.05, 0.1) is 33.1 Å². The summed E-state index contributed by atoms with van der Waals surface area (Å²) in [7, 11) is 4.78. The van der Waals surface area contributed by atoms with E-state index in [-0.39, 0.29) is 18.3 Å². The zero-order valence-electron chi connectivity index (χ0n) is 19.5. The highest BCUT2D eigenvalue weighted by atomic mass is 19.1. The van der Waals surface area contributed by atoms with E-state index in [4.69, 9.17) is 14.2 Å². The van der Waals surface area contributed by atoms with Crippen molar-refractivity contribution in [1.82, 2.24) is 15.1 Å². The molecule has 35 heavy (non-hydrogen) atoms. The number of nitrogens with one attached hydrogen (secondary N) is 1. The molecule has 1 unspecified atom stereocenters. The molecule has 1 N–H and O–H groups in total. The average Bonchev–Trinajstić information content (AvgIpc) is 3.44. The Kier molecular flexibility index (Phi) is 5.86. The van der Waals surface area contributed by atoms with Gasteiger partial charge in [-0.2, -0.15) is 5.10 Å². The van der Waals surface area contributed by atoms with Crippen LogP contribution in [0.4, 0.5) is 4.39 Å². The number of ether oxygens (including phenoxy) is 3. The number of amides is 1. The van der Waals surface area contributed by atoms with Crippen LogP contribution in [0.25, 0.3) is 11.3 Å². The number of carbonyl (C=O) groups excluding carboxylic acids is 1. The Hall–Kier alpha value is -4.33. The van der Waals surface area contributed by atoms with E-state index in [0.717, 1.165) is 28.0 Å². The smallest absolute Gasteiger partial charge is 0.273 e. The average molecular weight is 474 g/mol. The van der Waals surface area contributed by atoms with Crippen LogP contribution in [0, 0.1) is 5.82 Å². The van der Waals surface area contributed by atoms with E-state index in [1.165, 1.54) is 12.1 Å². The van der Waals surface area contributed by atoms with Gasteiger partial charge in [-0.1, -0.05) is 12.1 Å². The Balaban J connectivity index is 1.66. The Morgan fingerprint density at radius 1 is 0.914 bits per heavy atom. The monoisotopic (exact) mass is 473 g/mol. The van der Waals surface area contributed by atoms with Crippen molar-refractivity contribution in [3.8, 4) is 28.5 Å². The molecule has 0 radical (unpaired) electrons. The van der Waals surface area contributed by atoms with E-state index in [2.05, 4.69) is 10.2 Å². The van der Waals surface area contributed by atoms with Crippen molar-refractivity contribution in [2.45, 2.75) is 12.6 Å². The molecule has 1 aliphatic rings. The molecule has 8 heteroatoms. The molecule has 3 aromatic carbocycles. The molecular weight excluding hydrogens is 449 g/mol. The minimum Gasteiger partial charge on any atom is -0.497 e. The molecule has 0 saturated heterocycles. The first-order valence-electron chi connectivity index (χ1n) is 11.0. The zero-order chi connectivity index (χ0) is 24.5. The van der Waals surface area contributed by atoms with Crippen molar-refractivity contribution in [2.75, 3.05) is 21.3 Å². The van der Waals surface area contributed by atoms with Crippen molar-refractivity contribution in [3.05, 3.63) is 94.9 Å². The van der Waals surface area contributed by atoms with Crippen LogP contribution < -0.4 is 14.2 Å². The Labute approximate surface area is 202 Å². The third-order valence-corrected chi connectivity index (χ3v) is 6.23. The number of nitrogens with zero attached hydrogens (tertiary/aromatic N) is 2. The van der Waals surface area contributed by atoms with Gasteiger partial charge in [-0.25, -0.2) is 4.39 Å². The van der Waals surface area contributed by atoms with E-state index in [1.807, 2.05) is 36.4 Å². The van der Waals surface area contributed by atoms with Crippen LogP contribution in [0.3, 0.4) is 0 Å². The molecule has 0 saturated carbocycles. The molecule has 1 amide bonds. The second-order valence-corrected chi connectivity index (χ2v) is 8.16. The van der Waals surface area contributed by atoms with Gasteiger partial charge in [0.1, 0.15) is 28.8 Å². The maximum atomic E-state index is 13.6. The number of carbonyl (C=O) groups is 1. The van der Waals surface area contributed by atoms with Crippen LogP contribution in [-0.4, -0.2) is 42.3 Å². The van der Waals surface area contributed by atoms with E-state index in [9.17, 15) is 9.18 Å². The second kappa shape index (κ2) is 9.13. The van der Waals surface area contributed by atoms with E-state index >= 15 is 0 Å². The van der Waals surface area contributed by atoms with Gasteiger partial charge in [0.15, 0.2) is 0 Å². The summed E-state index contributed by atoms with van der Waals surface area (Å²) >= 11 is 0. The number of methoxy groups -OCH3 is 3. The Morgan fingerprint density at radius 3 is 2.26 bits per heavy atom. The summed E-state index contributed by atoms with van der Waals surface area (Å²) in [5.41, 5.74) is 4.28. The molecule has 0 spiro atoms. The van der Waals surface area contributed by atoms with Gasteiger partial charge < -0.3 is 19.1 Å². The summed E-state index contributed by atoms with van der Waals surface area (Å²) < 4.78 is 29.9. The van der Waals surface area contributed by atoms with Crippen molar-refractivity contribution in [3.63, 3.8) is 0 Å². The fourth-order valence-electron chi connectivity index (χ4n) is 4.48. The minimum absolute atomic E-state index is 0.195. The van der Waals surface area contributed by atoms with Crippen LogP contribution in [-0.2, 0) is 6.54 Å². The van der Waals surface area contributed by atoms with Crippen molar-refractivity contribution < 1.29 is 23.4 Å². The molecule has 0 fully saturated rings. The maximum absolute atomic E-state index is 13.6. The predicted octanol–water partition coefficient (Wildman–Crippen LogP) is 4.99. The van der Waals surface area contributed by atoms with Crippen LogP contribution in [0.15, 0.2) is 66.7 Å². The summed E-state index contributed by atoms with van der Waals surface area (Å²) in [5.74, 6) is 1.43. The lowest BCUT2D eigenvalue weighted by molar-refractivity contribution is 0.0728. The summed E-state index contributed by atoms with van der Waals surface area (Å²) in [4.78, 5) is 15.4. The number of aromatic nitrogens is 2. The first-order valence-corrected chi connectivity index (χ1v) is 11.0. The molecule has 7 nitrogen and oxygen atoms in total. The number of fused-ring (bicyclic) bond motifs is 1. The number of rotatable bonds is 7. The first kappa shape index (κ1) is 22.5.